The summed E-state index contributed by atoms with van der Waals surface area (Å²) < 4.78 is 0. The van der Waals surface area contributed by atoms with Gasteiger partial charge in [0.05, 0.1) is 16.1 Å². The lowest BCUT2D eigenvalue weighted by Gasteiger charge is -2.37. The lowest BCUT2D eigenvalue weighted by Crippen LogP contribution is -2.47. The van der Waals surface area contributed by atoms with Crippen molar-refractivity contribution in [2.45, 2.75) is 26.2 Å². The molecule has 2 aliphatic rings. The minimum absolute atomic E-state index is 0.750. The van der Waals surface area contributed by atoms with E-state index in [0.717, 1.165) is 59.9 Å². The molecular formula is C21H23ClN4S. The van der Waals surface area contributed by atoms with Crippen LogP contribution in [-0.4, -0.2) is 36.1 Å². The largest absolute Gasteiger partial charge is 0.367 e. The van der Waals surface area contributed by atoms with Gasteiger partial charge in [-0.2, -0.15) is 0 Å². The zero-order valence-electron chi connectivity index (χ0n) is 15.5. The molecule has 1 fully saturated rings. The van der Waals surface area contributed by atoms with Crippen LogP contribution in [0.5, 0.6) is 0 Å². The van der Waals surface area contributed by atoms with Crippen molar-refractivity contribution in [1.29, 1.82) is 0 Å². The Morgan fingerprint density at radius 2 is 1.85 bits per heavy atom. The van der Waals surface area contributed by atoms with Gasteiger partial charge in [-0.05, 0) is 42.9 Å². The van der Waals surface area contributed by atoms with Crippen LogP contribution in [0.25, 0.3) is 10.2 Å². The van der Waals surface area contributed by atoms with Crippen LogP contribution in [0.4, 0.5) is 11.5 Å². The standard InChI is InChI=1S/C21H23ClN4S/c1-14-6-7-18-15(12-14)19-20(23-13-24-21(19)27-18)26-10-8-25(9-11-26)17-5-3-2-4-16(17)22/h2-5,13-14H,6-12H2,1H3/t14-/m0/s1. The normalized spacial score (nSPS) is 20.1. The number of rotatable bonds is 2. The summed E-state index contributed by atoms with van der Waals surface area (Å²) >= 11 is 8.27. The van der Waals surface area contributed by atoms with Gasteiger partial charge < -0.3 is 9.80 Å². The average Bonchev–Trinajstić information content (AvgIpc) is 3.06. The average molecular weight is 399 g/mol. The van der Waals surface area contributed by atoms with E-state index in [1.807, 2.05) is 23.5 Å². The summed E-state index contributed by atoms with van der Waals surface area (Å²) in [7, 11) is 0. The van der Waals surface area contributed by atoms with Crippen LogP contribution < -0.4 is 9.80 Å². The Hall–Kier alpha value is -1.85. The van der Waals surface area contributed by atoms with Crippen LogP contribution >= 0.6 is 22.9 Å². The highest BCUT2D eigenvalue weighted by atomic mass is 35.5. The number of anilines is 2. The molecule has 1 aliphatic carbocycles. The molecule has 0 radical (unpaired) electrons. The molecule has 0 unspecified atom stereocenters. The van der Waals surface area contributed by atoms with Crippen LogP contribution in [0.15, 0.2) is 30.6 Å². The number of aryl methyl sites for hydroxylation is 1. The Labute approximate surface area is 168 Å². The molecule has 3 aromatic rings. The van der Waals surface area contributed by atoms with Gasteiger partial charge in [0.2, 0.25) is 0 Å². The van der Waals surface area contributed by atoms with Crippen LogP contribution in [0.3, 0.4) is 0 Å². The molecule has 4 nitrogen and oxygen atoms in total. The SMILES string of the molecule is C[C@H]1CCc2sc3ncnc(N4CCN(c5ccccc5Cl)CC4)c3c2C1. The zero-order valence-corrected chi connectivity index (χ0v) is 17.1. The van der Waals surface area contributed by atoms with Gasteiger partial charge in [0.15, 0.2) is 0 Å². The molecule has 2 aromatic heterocycles. The van der Waals surface area contributed by atoms with Gasteiger partial charge in [0.1, 0.15) is 17.0 Å². The Kier molecular flexibility index (Phi) is 4.44. The minimum atomic E-state index is 0.750. The predicted molar refractivity (Wildman–Crippen MR) is 114 cm³/mol. The highest BCUT2D eigenvalue weighted by molar-refractivity contribution is 7.19. The molecule has 3 heterocycles. The Morgan fingerprint density at radius 1 is 1.07 bits per heavy atom. The predicted octanol–water partition coefficient (Wildman–Crippen LogP) is 4.80. The molecule has 27 heavy (non-hydrogen) atoms. The number of hydrogen-bond donors (Lipinski definition) is 0. The van der Waals surface area contributed by atoms with Gasteiger partial charge in [0, 0.05) is 31.1 Å². The second-order valence-corrected chi connectivity index (χ2v) is 9.15. The second kappa shape index (κ2) is 6.95. The number of aromatic nitrogens is 2. The lowest BCUT2D eigenvalue weighted by atomic mass is 9.88. The summed E-state index contributed by atoms with van der Waals surface area (Å²) in [6.07, 6.45) is 5.38. The van der Waals surface area contributed by atoms with Crippen LogP contribution in [-0.2, 0) is 12.8 Å². The Bertz CT molecular complexity index is 977. The number of hydrogen-bond acceptors (Lipinski definition) is 5. The maximum absolute atomic E-state index is 6.39. The molecule has 0 saturated carbocycles. The molecule has 5 rings (SSSR count). The number of fused-ring (bicyclic) bond motifs is 3. The summed E-state index contributed by atoms with van der Waals surface area (Å²) in [4.78, 5) is 16.8. The Morgan fingerprint density at radius 3 is 2.67 bits per heavy atom. The number of piperazine rings is 1. The highest BCUT2D eigenvalue weighted by Crippen LogP contribution is 2.41. The first-order valence-corrected chi connectivity index (χ1v) is 10.9. The van der Waals surface area contributed by atoms with Crippen molar-refractivity contribution >= 4 is 44.7 Å². The van der Waals surface area contributed by atoms with Gasteiger partial charge in [-0.3, -0.25) is 0 Å². The molecule has 1 aromatic carbocycles. The molecule has 0 N–H and O–H groups in total. The topological polar surface area (TPSA) is 32.3 Å². The molecule has 1 atom stereocenters. The van der Waals surface area contributed by atoms with E-state index in [1.54, 1.807) is 6.33 Å². The molecule has 1 saturated heterocycles. The molecule has 140 valence electrons. The molecule has 6 heteroatoms. The number of thiophene rings is 1. The van der Waals surface area contributed by atoms with Gasteiger partial charge in [-0.25, -0.2) is 9.97 Å². The monoisotopic (exact) mass is 398 g/mol. The minimum Gasteiger partial charge on any atom is -0.367 e. The van der Waals surface area contributed by atoms with Crippen LogP contribution in [0.2, 0.25) is 5.02 Å². The van der Waals surface area contributed by atoms with E-state index in [2.05, 4.69) is 33.8 Å². The fourth-order valence-corrected chi connectivity index (χ4v) is 5.81. The molecular weight excluding hydrogens is 376 g/mol. The number of para-hydroxylation sites is 1. The van der Waals surface area contributed by atoms with E-state index in [9.17, 15) is 0 Å². The fraction of sp³-hybridized carbons (Fsp3) is 0.429. The van der Waals surface area contributed by atoms with Crippen molar-refractivity contribution in [3.63, 3.8) is 0 Å². The van der Waals surface area contributed by atoms with Crippen molar-refractivity contribution in [2.75, 3.05) is 36.0 Å². The zero-order chi connectivity index (χ0) is 18.4. The summed E-state index contributed by atoms with van der Waals surface area (Å²) in [6.45, 7) is 6.18. The van der Waals surface area contributed by atoms with Gasteiger partial charge in [0.25, 0.3) is 0 Å². The van der Waals surface area contributed by atoms with Crippen molar-refractivity contribution < 1.29 is 0 Å². The quantitative estimate of drug-likeness (QED) is 0.620. The van der Waals surface area contributed by atoms with Gasteiger partial charge in [-0.15, -0.1) is 11.3 Å². The van der Waals surface area contributed by atoms with E-state index in [4.69, 9.17) is 16.6 Å². The van der Waals surface area contributed by atoms with Crippen molar-refractivity contribution in [2.24, 2.45) is 5.92 Å². The second-order valence-electron chi connectivity index (χ2n) is 7.65. The first-order chi connectivity index (χ1) is 13.2. The van der Waals surface area contributed by atoms with Crippen molar-refractivity contribution in [3.05, 3.63) is 46.1 Å². The smallest absolute Gasteiger partial charge is 0.141 e. The first kappa shape index (κ1) is 17.3. The van der Waals surface area contributed by atoms with Crippen LogP contribution in [0, 0.1) is 5.92 Å². The summed E-state index contributed by atoms with van der Waals surface area (Å²) in [6, 6.07) is 8.12. The number of nitrogens with zero attached hydrogens (tertiary/aromatic N) is 4. The molecule has 1 aliphatic heterocycles. The lowest BCUT2D eigenvalue weighted by molar-refractivity contribution is 0.508. The van der Waals surface area contributed by atoms with E-state index >= 15 is 0 Å². The Balaban J connectivity index is 1.44. The maximum Gasteiger partial charge on any atom is 0.141 e. The maximum atomic E-state index is 6.39. The van der Waals surface area contributed by atoms with E-state index in [-0.39, 0.29) is 0 Å². The molecule has 0 bridgehead atoms. The molecule has 0 amide bonds. The summed E-state index contributed by atoms with van der Waals surface area (Å²) in [5.74, 6) is 1.88. The summed E-state index contributed by atoms with van der Waals surface area (Å²) in [5, 5.41) is 2.14. The van der Waals surface area contributed by atoms with Gasteiger partial charge >= 0.3 is 0 Å². The van der Waals surface area contributed by atoms with E-state index < -0.39 is 0 Å². The molecule has 0 spiro atoms. The summed E-state index contributed by atoms with van der Waals surface area (Å²) in [5.41, 5.74) is 2.64. The fourth-order valence-electron chi connectivity index (χ4n) is 4.37. The third-order valence-corrected chi connectivity index (χ3v) is 7.36. The van der Waals surface area contributed by atoms with Crippen LogP contribution in [0.1, 0.15) is 23.8 Å². The van der Waals surface area contributed by atoms with E-state index in [0.29, 0.717) is 0 Å². The third-order valence-electron chi connectivity index (χ3n) is 5.84. The first-order valence-electron chi connectivity index (χ1n) is 9.70. The van der Waals surface area contributed by atoms with E-state index in [1.165, 1.54) is 28.7 Å². The van der Waals surface area contributed by atoms with Crippen molar-refractivity contribution in [1.82, 2.24) is 9.97 Å². The third kappa shape index (κ3) is 3.07. The number of halogens is 1. The van der Waals surface area contributed by atoms with Crippen molar-refractivity contribution in [3.8, 4) is 0 Å². The highest BCUT2D eigenvalue weighted by Gasteiger charge is 2.27. The number of benzene rings is 1. The van der Waals surface area contributed by atoms with Gasteiger partial charge in [-0.1, -0.05) is 30.7 Å².